The summed E-state index contributed by atoms with van der Waals surface area (Å²) in [6.07, 6.45) is 1.43. The Labute approximate surface area is 174 Å². The monoisotopic (exact) mass is 410 g/mol. The summed E-state index contributed by atoms with van der Waals surface area (Å²) in [4.78, 5) is 38.5. The number of para-hydroxylation sites is 1. The number of rotatable bonds is 7. The first-order valence-corrected chi connectivity index (χ1v) is 9.23. The van der Waals surface area contributed by atoms with Crippen LogP contribution in [-0.2, 0) is 9.59 Å². The van der Waals surface area contributed by atoms with Crippen LogP contribution in [0, 0.1) is 0 Å². The van der Waals surface area contributed by atoms with E-state index in [-0.39, 0.29) is 18.8 Å². The largest absolute Gasteiger partial charge is 0.497 e. The van der Waals surface area contributed by atoms with Crippen LogP contribution in [0.3, 0.4) is 0 Å². The van der Waals surface area contributed by atoms with E-state index in [0.717, 1.165) is 9.80 Å². The molecule has 0 unspecified atom stereocenters. The minimum absolute atomic E-state index is 0.108. The fraction of sp³-hybridized carbons (Fsp3) is 0.227. The van der Waals surface area contributed by atoms with Crippen LogP contribution in [0.25, 0.3) is 6.08 Å². The lowest BCUT2D eigenvalue weighted by Gasteiger charge is -2.29. The second-order valence-electron chi connectivity index (χ2n) is 6.48. The Morgan fingerprint density at radius 2 is 1.47 bits per heavy atom. The van der Waals surface area contributed by atoms with E-state index >= 15 is 0 Å². The van der Waals surface area contributed by atoms with E-state index < -0.39 is 17.8 Å². The van der Waals surface area contributed by atoms with E-state index in [9.17, 15) is 14.4 Å². The molecule has 0 radical (unpaired) electrons. The quantitative estimate of drug-likeness (QED) is 0.396. The highest BCUT2D eigenvalue weighted by molar-refractivity contribution is 6.30. The molecule has 0 bridgehead atoms. The zero-order chi connectivity index (χ0) is 21.7. The number of hydrogen-bond donors (Lipinski definition) is 0. The Hall–Kier alpha value is -3.81. The summed E-state index contributed by atoms with van der Waals surface area (Å²) in [6.45, 7) is 0.535. The molecule has 1 heterocycles. The fourth-order valence-electron chi connectivity index (χ4n) is 2.86. The van der Waals surface area contributed by atoms with Gasteiger partial charge in [0.2, 0.25) is 0 Å². The molecule has 1 aliphatic heterocycles. The molecule has 1 saturated heterocycles. The highest BCUT2D eigenvalue weighted by Gasteiger charge is 2.37. The number of carbonyl (C=O) groups is 3. The van der Waals surface area contributed by atoms with Crippen molar-refractivity contribution in [2.45, 2.75) is 0 Å². The van der Waals surface area contributed by atoms with Crippen LogP contribution in [0.2, 0.25) is 0 Å². The number of carbonyl (C=O) groups excluding carboxylic acids is 3. The van der Waals surface area contributed by atoms with Gasteiger partial charge in [-0.1, -0.05) is 24.3 Å². The maximum Gasteiger partial charge on any atom is 0.333 e. The number of benzene rings is 2. The summed E-state index contributed by atoms with van der Waals surface area (Å²) < 4.78 is 16.6. The molecule has 3 rings (SSSR count). The van der Waals surface area contributed by atoms with Gasteiger partial charge in [0.05, 0.1) is 7.11 Å². The Morgan fingerprint density at radius 3 is 2.17 bits per heavy atom. The van der Waals surface area contributed by atoms with Crippen molar-refractivity contribution in [3.05, 3.63) is 59.7 Å². The van der Waals surface area contributed by atoms with E-state index in [0.29, 0.717) is 22.8 Å². The average molecular weight is 410 g/mol. The maximum absolute atomic E-state index is 12.4. The summed E-state index contributed by atoms with van der Waals surface area (Å²) >= 11 is 0. The van der Waals surface area contributed by atoms with Gasteiger partial charge in [-0.25, -0.2) is 4.79 Å². The second kappa shape index (κ2) is 9.13. The second-order valence-corrected chi connectivity index (χ2v) is 6.48. The van der Waals surface area contributed by atoms with Gasteiger partial charge < -0.3 is 14.2 Å². The molecule has 30 heavy (non-hydrogen) atoms. The van der Waals surface area contributed by atoms with Crippen LogP contribution in [-0.4, -0.2) is 62.1 Å². The molecule has 8 heteroatoms. The molecule has 4 amide bonds. The predicted octanol–water partition coefficient (Wildman–Crippen LogP) is 2.59. The van der Waals surface area contributed by atoms with Crippen LogP contribution in [0.5, 0.6) is 17.2 Å². The average Bonchev–Trinajstić information content (AvgIpc) is 2.78. The molecule has 8 nitrogen and oxygen atoms in total. The number of hydrogen-bond acceptors (Lipinski definition) is 6. The molecular formula is C22H22N2O6. The van der Waals surface area contributed by atoms with Crippen molar-refractivity contribution in [1.82, 2.24) is 9.80 Å². The van der Waals surface area contributed by atoms with Gasteiger partial charge in [-0.05, 0) is 24.3 Å². The molecule has 1 aliphatic rings. The Morgan fingerprint density at radius 1 is 0.833 bits per heavy atom. The lowest BCUT2D eigenvalue weighted by atomic mass is 10.1. The minimum Gasteiger partial charge on any atom is -0.497 e. The first kappa shape index (κ1) is 20.9. The van der Waals surface area contributed by atoms with Gasteiger partial charge in [-0.2, -0.15) is 0 Å². The molecule has 0 aromatic heterocycles. The highest BCUT2D eigenvalue weighted by atomic mass is 16.5. The van der Waals surface area contributed by atoms with Crippen molar-refractivity contribution in [2.75, 3.05) is 34.4 Å². The highest BCUT2D eigenvalue weighted by Crippen LogP contribution is 2.24. The first-order valence-electron chi connectivity index (χ1n) is 9.23. The molecule has 2 aromatic carbocycles. The number of methoxy groups -OCH3 is 1. The number of urea groups is 1. The van der Waals surface area contributed by atoms with Gasteiger partial charge in [-0.15, -0.1) is 0 Å². The van der Waals surface area contributed by atoms with Crippen LogP contribution in [0.4, 0.5) is 4.79 Å². The Kier molecular flexibility index (Phi) is 6.36. The van der Waals surface area contributed by atoms with Crippen molar-refractivity contribution >= 4 is 23.9 Å². The summed E-state index contributed by atoms with van der Waals surface area (Å²) in [7, 11) is 4.25. The number of nitrogens with zero attached hydrogens (tertiary/aromatic N) is 2. The normalized spacial score (nSPS) is 14.1. The van der Waals surface area contributed by atoms with Crippen molar-refractivity contribution in [2.24, 2.45) is 0 Å². The Balaban J connectivity index is 1.70. The molecular weight excluding hydrogens is 388 g/mol. The SMILES string of the molecule is COc1cccc(OCCOc2ccccc2C=C2C(=O)N(C)C(=O)N(C)C2=O)c1. The number of barbiturate groups is 1. The van der Waals surface area contributed by atoms with E-state index in [4.69, 9.17) is 14.2 Å². The van der Waals surface area contributed by atoms with E-state index in [1.165, 1.54) is 20.2 Å². The fourth-order valence-corrected chi connectivity index (χ4v) is 2.86. The van der Waals surface area contributed by atoms with Gasteiger partial charge in [0.15, 0.2) is 0 Å². The smallest absolute Gasteiger partial charge is 0.333 e. The molecule has 0 atom stereocenters. The maximum atomic E-state index is 12.4. The van der Waals surface area contributed by atoms with Crippen molar-refractivity contribution < 1.29 is 28.6 Å². The van der Waals surface area contributed by atoms with E-state index in [1.807, 2.05) is 18.2 Å². The summed E-state index contributed by atoms with van der Waals surface area (Å²) in [5.74, 6) is 0.531. The lowest BCUT2D eigenvalue weighted by Crippen LogP contribution is -2.52. The molecule has 2 aromatic rings. The van der Waals surface area contributed by atoms with Crippen LogP contribution in [0.1, 0.15) is 5.56 Å². The third-order valence-electron chi connectivity index (χ3n) is 4.51. The predicted molar refractivity (Wildman–Crippen MR) is 109 cm³/mol. The van der Waals surface area contributed by atoms with E-state index in [2.05, 4.69) is 0 Å². The molecule has 0 N–H and O–H groups in total. The standard InChI is InChI=1S/C22H22N2O6/c1-23-20(25)18(21(26)24(2)22(23)27)13-15-7-4-5-10-19(15)30-12-11-29-17-9-6-8-16(14-17)28-3/h4-10,13-14H,11-12H2,1-3H3. The van der Waals surface area contributed by atoms with Crippen LogP contribution in [0.15, 0.2) is 54.1 Å². The van der Waals surface area contributed by atoms with Crippen LogP contribution < -0.4 is 14.2 Å². The van der Waals surface area contributed by atoms with Gasteiger partial charge in [0, 0.05) is 25.7 Å². The molecule has 0 spiro atoms. The summed E-state index contributed by atoms with van der Waals surface area (Å²) in [5.41, 5.74) is 0.440. The zero-order valence-electron chi connectivity index (χ0n) is 17.0. The van der Waals surface area contributed by atoms with Crippen molar-refractivity contribution in [3.8, 4) is 17.2 Å². The molecule has 1 fully saturated rings. The summed E-state index contributed by atoms with van der Waals surface area (Å²) in [5, 5.41) is 0. The van der Waals surface area contributed by atoms with Gasteiger partial charge in [0.1, 0.15) is 36.0 Å². The number of amides is 4. The van der Waals surface area contributed by atoms with Gasteiger partial charge in [-0.3, -0.25) is 19.4 Å². The molecule has 156 valence electrons. The van der Waals surface area contributed by atoms with Gasteiger partial charge in [0.25, 0.3) is 11.8 Å². The van der Waals surface area contributed by atoms with Crippen LogP contribution >= 0.6 is 0 Å². The number of ether oxygens (including phenoxy) is 3. The first-order chi connectivity index (χ1) is 14.4. The summed E-state index contributed by atoms with van der Waals surface area (Å²) in [6, 6.07) is 13.6. The molecule has 0 aliphatic carbocycles. The van der Waals surface area contributed by atoms with E-state index in [1.54, 1.807) is 37.4 Å². The zero-order valence-corrected chi connectivity index (χ0v) is 17.0. The Bertz CT molecular complexity index is 975. The third kappa shape index (κ3) is 4.43. The topological polar surface area (TPSA) is 85.4 Å². The van der Waals surface area contributed by atoms with Gasteiger partial charge >= 0.3 is 6.03 Å². The lowest BCUT2D eigenvalue weighted by molar-refractivity contribution is -0.134. The third-order valence-corrected chi connectivity index (χ3v) is 4.51. The minimum atomic E-state index is -0.665. The number of likely N-dealkylation sites (N-methyl/N-ethyl adjacent to an activating group) is 2. The van der Waals surface area contributed by atoms with Crippen molar-refractivity contribution in [1.29, 1.82) is 0 Å². The number of imide groups is 2. The van der Waals surface area contributed by atoms with Crippen molar-refractivity contribution in [3.63, 3.8) is 0 Å². The molecule has 0 saturated carbocycles.